The molecule has 1 saturated heterocycles. The standard InChI is InChI=1S/C13H16N2O2/c1-9-12-3-2-11(6-13(12)17-15-9)16-8-10-4-5-14-7-10/h2-3,6,10,14H,4-5,7-8H2,1H3. The molecule has 0 amide bonds. The normalized spacial score (nSPS) is 19.9. The monoisotopic (exact) mass is 232 g/mol. The lowest BCUT2D eigenvalue weighted by molar-refractivity contribution is 0.260. The summed E-state index contributed by atoms with van der Waals surface area (Å²) in [5, 5.41) is 8.32. The fourth-order valence-electron chi connectivity index (χ4n) is 2.20. The molecule has 0 bridgehead atoms. The molecule has 4 nitrogen and oxygen atoms in total. The first-order valence-corrected chi connectivity index (χ1v) is 6.02. The van der Waals surface area contributed by atoms with Gasteiger partial charge in [-0.15, -0.1) is 0 Å². The maximum atomic E-state index is 5.78. The highest BCUT2D eigenvalue weighted by atomic mass is 16.5. The average molecular weight is 232 g/mol. The van der Waals surface area contributed by atoms with Crippen LogP contribution in [0, 0.1) is 12.8 Å². The van der Waals surface area contributed by atoms with Crippen LogP contribution in [-0.4, -0.2) is 24.9 Å². The lowest BCUT2D eigenvalue weighted by atomic mass is 10.1. The molecule has 1 unspecified atom stereocenters. The van der Waals surface area contributed by atoms with Crippen molar-refractivity contribution in [1.29, 1.82) is 0 Å². The summed E-state index contributed by atoms with van der Waals surface area (Å²) in [5.41, 5.74) is 1.72. The Labute approximate surface area is 99.9 Å². The fourth-order valence-corrected chi connectivity index (χ4v) is 2.20. The van der Waals surface area contributed by atoms with E-state index in [-0.39, 0.29) is 0 Å². The van der Waals surface area contributed by atoms with Crippen LogP contribution in [0.3, 0.4) is 0 Å². The quantitative estimate of drug-likeness (QED) is 0.880. The number of hydrogen-bond donors (Lipinski definition) is 1. The minimum Gasteiger partial charge on any atom is -0.493 e. The molecule has 4 heteroatoms. The van der Waals surface area contributed by atoms with Gasteiger partial charge < -0.3 is 14.6 Å². The predicted octanol–water partition coefficient (Wildman–Crippen LogP) is 2.12. The van der Waals surface area contributed by atoms with Crippen LogP contribution in [0.15, 0.2) is 22.7 Å². The van der Waals surface area contributed by atoms with E-state index in [2.05, 4.69) is 10.5 Å². The van der Waals surface area contributed by atoms with Gasteiger partial charge in [0.25, 0.3) is 0 Å². The van der Waals surface area contributed by atoms with Gasteiger partial charge in [0.1, 0.15) is 5.75 Å². The van der Waals surface area contributed by atoms with Gasteiger partial charge in [0.05, 0.1) is 12.3 Å². The first-order chi connectivity index (χ1) is 8.33. The van der Waals surface area contributed by atoms with Crippen molar-refractivity contribution in [2.45, 2.75) is 13.3 Å². The van der Waals surface area contributed by atoms with Crippen LogP contribution < -0.4 is 10.1 Å². The van der Waals surface area contributed by atoms with Gasteiger partial charge in [-0.25, -0.2) is 0 Å². The summed E-state index contributed by atoms with van der Waals surface area (Å²) in [5.74, 6) is 1.49. The summed E-state index contributed by atoms with van der Waals surface area (Å²) in [7, 11) is 0. The Morgan fingerprint density at radius 3 is 3.29 bits per heavy atom. The second-order valence-corrected chi connectivity index (χ2v) is 4.60. The number of fused-ring (bicyclic) bond motifs is 1. The topological polar surface area (TPSA) is 47.3 Å². The molecule has 3 rings (SSSR count). The summed E-state index contributed by atoms with van der Waals surface area (Å²) in [4.78, 5) is 0. The molecule has 0 spiro atoms. The van der Waals surface area contributed by atoms with E-state index in [4.69, 9.17) is 9.26 Å². The Morgan fingerprint density at radius 2 is 2.47 bits per heavy atom. The van der Waals surface area contributed by atoms with Gasteiger partial charge >= 0.3 is 0 Å². The van der Waals surface area contributed by atoms with Crippen molar-refractivity contribution >= 4 is 11.0 Å². The molecule has 1 aliphatic heterocycles. The fraction of sp³-hybridized carbons (Fsp3) is 0.462. The molecule has 1 N–H and O–H groups in total. The molecule has 0 saturated carbocycles. The molecular weight excluding hydrogens is 216 g/mol. The number of aromatic nitrogens is 1. The van der Waals surface area contributed by atoms with Crippen molar-refractivity contribution in [3.8, 4) is 5.75 Å². The maximum Gasteiger partial charge on any atom is 0.170 e. The van der Waals surface area contributed by atoms with Gasteiger partial charge in [-0.2, -0.15) is 0 Å². The Hall–Kier alpha value is -1.55. The zero-order valence-corrected chi connectivity index (χ0v) is 9.90. The van der Waals surface area contributed by atoms with Gasteiger partial charge in [-0.05, 0) is 32.0 Å². The predicted molar refractivity (Wildman–Crippen MR) is 65.2 cm³/mol. The van der Waals surface area contributed by atoms with Crippen molar-refractivity contribution < 1.29 is 9.26 Å². The summed E-state index contributed by atoms with van der Waals surface area (Å²) in [6.45, 7) is 4.88. The molecule has 2 heterocycles. The lowest BCUT2D eigenvalue weighted by Crippen LogP contribution is -2.15. The van der Waals surface area contributed by atoms with Crippen molar-refractivity contribution in [2.75, 3.05) is 19.7 Å². The van der Waals surface area contributed by atoms with Gasteiger partial charge in [0.2, 0.25) is 0 Å². The van der Waals surface area contributed by atoms with E-state index in [1.807, 2.05) is 25.1 Å². The van der Waals surface area contributed by atoms with Crippen molar-refractivity contribution in [2.24, 2.45) is 5.92 Å². The summed E-state index contributed by atoms with van der Waals surface area (Å²) >= 11 is 0. The molecule has 1 atom stereocenters. The molecule has 2 aromatic rings. The average Bonchev–Trinajstić information content (AvgIpc) is 2.97. The third kappa shape index (κ3) is 2.13. The number of benzene rings is 1. The van der Waals surface area contributed by atoms with Crippen molar-refractivity contribution in [1.82, 2.24) is 10.5 Å². The number of nitrogens with one attached hydrogen (secondary N) is 1. The Bertz CT molecular complexity index is 515. The van der Waals surface area contributed by atoms with Crippen LogP contribution in [0.5, 0.6) is 5.75 Å². The highest BCUT2D eigenvalue weighted by molar-refractivity contribution is 5.80. The summed E-state index contributed by atoms with van der Waals surface area (Å²) < 4.78 is 11.0. The zero-order valence-electron chi connectivity index (χ0n) is 9.90. The van der Waals surface area contributed by atoms with E-state index >= 15 is 0 Å². The number of aryl methyl sites for hydroxylation is 1. The second kappa shape index (κ2) is 4.37. The minimum absolute atomic E-state index is 0.627. The van der Waals surface area contributed by atoms with Gasteiger partial charge in [-0.3, -0.25) is 0 Å². The van der Waals surface area contributed by atoms with Crippen LogP contribution in [0.25, 0.3) is 11.0 Å². The largest absolute Gasteiger partial charge is 0.493 e. The SMILES string of the molecule is Cc1noc2cc(OCC3CCNC3)ccc12. The van der Waals surface area contributed by atoms with Crippen LogP contribution in [0.2, 0.25) is 0 Å². The number of hydrogen-bond acceptors (Lipinski definition) is 4. The van der Waals surface area contributed by atoms with E-state index < -0.39 is 0 Å². The minimum atomic E-state index is 0.627. The molecule has 90 valence electrons. The smallest absolute Gasteiger partial charge is 0.170 e. The summed E-state index contributed by atoms with van der Waals surface area (Å²) in [6.07, 6.45) is 1.20. The Morgan fingerprint density at radius 1 is 1.53 bits per heavy atom. The molecule has 1 aromatic carbocycles. The van der Waals surface area contributed by atoms with Crippen LogP contribution in [0.4, 0.5) is 0 Å². The molecule has 17 heavy (non-hydrogen) atoms. The van der Waals surface area contributed by atoms with Gasteiger partial charge in [0, 0.05) is 23.9 Å². The van der Waals surface area contributed by atoms with Crippen LogP contribution in [0.1, 0.15) is 12.1 Å². The van der Waals surface area contributed by atoms with Gasteiger partial charge in [0.15, 0.2) is 5.58 Å². The van der Waals surface area contributed by atoms with E-state index in [1.54, 1.807) is 0 Å². The van der Waals surface area contributed by atoms with Crippen LogP contribution in [-0.2, 0) is 0 Å². The third-order valence-corrected chi connectivity index (χ3v) is 3.27. The van der Waals surface area contributed by atoms with Crippen molar-refractivity contribution in [3.05, 3.63) is 23.9 Å². The van der Waals surface area contributed by atoms with Gasteiger partial charge in [-0.1, -0.05) is 5.16 Å². The number of ether oxygens (including phenoxy) is 1. The van der Waals surface area contributed by atoms with E-state index in [0.717, 1.165) is 42.1 Å². The first-order valence-electron chi connectivity index (χ1n) is 6.02. The molecule has 1 aliphatic rings. The lowest BCUT2D eigenvalue weighted by Gasteiger charge is -2.10. The number of nitrogens with zero attached hydrogens (tertiary/aromatic N) is 1. The van der Waals surface area contributed by atoms with E-state index in [0.29, 0.717) is 5.92 Å². The number of rotatable bonds is 3. The molecule has 1 aromatic heterocycles. The molecule has 0 radical (unpaired) electrons. The van der Waals surface area contributed by atoms with Crippen molar-refractivity contribution in [3.63, 3.8) is 0 Å². The highest BCUT2D eigenvalue weighted by Crippen LogP contribution is 2.23. The van der Waals surface area contributed by atoms with E-state index in [9.17, 15) is 0 Å². The maximum absolute atomic E-state index is 5.78. The second-order valence-electron chi connectivity index (χ2n) is 4.60. The molecule has 0 aliphatic carbocycles. The molecule has 1 fully saturated rings. The summed E-state index contributed by atoms with van der Waals surface area (Å²) in [6, 6.07) is 5.90. The first kappa shape index (κ1) is 10.6. The Kier molecular flexibility index (Phi) is 2.73. The third-order valence-electron chi connectivity index (χ3n) is 3.27. The Balaban J connectivity index is 1.72. The highest BCUT2D eigenvalue weighted by Gasteiger charge is 2.15. The van der Waals surface area contributed by atoms with Crippen LogP contribution >= 0.6 is 0 Å². The van der Waals surface area contributed by atoms with E-state index in [1.165, 1.54) is 6.42 Å². The molecular formula is C13H16N2O2. The zero-order chi connectivity index (χ0) is 11.7.